The van der Waals surface area contributed by atoms with E-state index in [0.717, 1.165) is 19.5 Å². The van der Waals surface area contributed by atoms with Gasteiger partial charge in [-0.25, -0.2) is 0 Å². The summed E-state index contributed by atoms with van der Waals surface area (Å²) in [5, 5.41) is 17.8. The summed E-state index contributed by atoms with van der Waals surface area (Å²) in [6.07, 6.45) is 5.87. The normalized spacial score (nSPS) is 13.9. The first-order chi connectivity index (χ1) is 8.58. The molecule has 1 heterocycles. The minimum Gasteiger partial charge on any atom is -0.480 e. The maximum Gasteiger partial charge on any atom is 0.324 e. The molecule has 5 nitrogen and oxygen atoms in total. The quantitative estimate of drug-likeness (QED) is 0.463. The molecule has 0 saturated heterocycles. The second kappa shape index (κ2) is 7.13. The summed E-state index contributed by atoms with van der Waals surface area (Å²) < 4.78 is 0. The van der Waals surface area contributed by atoms with E-state index in [9.17, 15) is 9.90 Å². The van der Waals surface area contributed by atoms with E-state index in [4.69, 9.17) is 10.8 Å². The molecule has 1 radical (unpaired) electrons. The summed E-state index contributed by atoms with van der Waals surface area (Å²) in [6.45, 7) is 0. The number of hydrogen-bond donors (Lipinski definition) is 3. The maximum absolute atomic E-state index is 11.3. The van der Waals surface area contributed by atoms with E-state index in [1.54, 1.807) is 18.5 Å². The molecule has 0 amide bonds. The van der Waals surface area contributed by atoms with E-state index in [0.29, 0.717) is 19.2 Å². The van der Waals surface area contributed by atoms with Gasteiger partial charge in [0.25, 0.3) is 7.48 Å². The summed E-state index contributed by atoms with van der Waals surface area (Å²) in [5.74, 6) is -1.00. The number of aromatic nitrogens is 1. The van der Waals surface area contributed by atoms with Gasteiger partial charge in [-0.1, -0.05) is 25.2 Å². The Morgan fingerprint density at radius 3 is 2.83 bits per heavy atom. The number of carboxylic acid groups (broad SMARTS) is 1. The largest absolute Gasteiger partial charge is 0.480 e. The molecule has 4 N–H and O–H groups in total. The molecule has 18 heavy (non-hydrogen) atoms. The first-order valence-corrected chi connectivity index (χ1v) is 5.95. The third-order valence-electron chi connectivity index (χ3n) is 2.87. The zero-order valence-electron chi connectivity index (χ0n) is 10.2. The average Bonchev–Trinajstić information content (AvgIpc) is 2.36. The van der Waals surface area contributed by atoms with Gasteiger partial charge in [0.05, 0.1) is 0 Å². The average molecular weight is 249 g/mol. The molecule has 0 bridgehead atoms. The van der Waals surface area contributed by atoms with Crippen LogP contribution in [0.3, 0.4) is 0 Å². The second-order valence-corrected chi connectivity index (χ2v) is 4.43. The minimum absolute atomic E-state index is 0.263. The van der Waals surface area contributed by atoms with E-state index in [1.807, 2.05) is 6.07 Å². The van der Waals surface area contributed by atoms with E-state index in [2.05, 4.69) is 4.98 Å². The van der Waals surface area contributed by atoms with Gasteiger partial charge in [-0.05, 0) is 18.1 Å². The molecule has 0 spiro atoms. The lowest BCUT2D eigenvalue weighted by Gasteiger charge is -2.24. The molecule has 0 aliphatic carbocycles. The highest BCUT2D eigenvalue weighted by Crippen LogP contribution is 2.18. The molecule has 1 unspecified atom stereocenters. The SMILES string of the molecule is NC(CCCC[B]O)(Cc1cccnc1)C(=O)O. The Kier molecular flexibility index (Phi) is 5.81. The Bertz CT molecular complexity index is 375. The standard InChI is InChI=1S/C12H18BN2O3/c14-12(11(16)17,5-1-2-6-13-18)8-10-4-3-7-15-9-10/h3-4,7,9,18H,1-2,5-6,8,14H2,(H,16,17). The number of pyridine rings is 1. The summed E-state index contributed by atoms with van der Waals surface area (Å²) in [4.78, 5) is 15.2. The summed E-state index contributed by atoms with van der Waals surface area (Å²) in [5.41, 5.74) is 5.51. The number of hydrogen-bond acceptors (Lipinski definition) is 4. The number of nitrogens with zero attached hydrogens (tertiary/aromatic N) is 1. The third-order valence-corrected chi connectivity index (χ3v) is 2.87. The second-order valence-electron chi connectivity index (χ2n) is 4.43. The van der Waals surface area contributed by atoms with Crippen LogP contribution in [0.5, 0.6) is 0 Å². The van der Waals surface area contributed by atoms with Crippen LogP contribution in [0.15, 0.2) is 24.5 Å². The van der Waals surface area contributed by atoms with Gasteiger partial charge in [0, 0.05) is 18.8 Å². The first-order valence-electron chi connectivity index (χ1n) is 5.95. The number of aliphatic carboxylic acids is 1. The number of rotatable bonds is 8. The van der Waals surface area contributed by atoms with Crippen LogP contribution in [0.1, 0.15) is 24.8 Å². The van der Waals surface area contributed by atoms with Crippen LogP contribution in [0, 0.1) is 0 Å². The monoisotopic (exact) mass is 249 g/mol. The molecule has 0 aliphatic rings. The topological polar surface area (TPSA) is 96.4 Å². The van der Waals surface area contributed by atoms with Gasteiger partial charge in [0.1, 0.15) is 5.54 Å². The molecule has 1 aromatic heterocycles. The van der Waals surface area contributed by atoms with E-state index < -0.39 is 11.5 Å². The molecule has 1 rings (SSSR count). The molecular formula is C12H18BN2O3. The van der Waals surface area contributed by atoms with Crippen molar-refractivity contribution in [2.75, 3.05) is 0 Å². The fourth-order valence-corrected chi connectivity index (χ4v) is 1.81. The lowest BCUT2D eigenvalue weighted by atomic mass is 9.84. The molecule has 1 aromatic rings. The molecule has 0 aromatic carbocycles. The molecule has 97 valence electrons. The van der Waals surface area contributed by atoms with Crippen LogP contribution in [-0.2, 0) is 11.2 Å². The Morgan fingerprint density at radius 2 is 2.28 bits per heavy atom. The van der Waals surface area contributed by atoms with Gasteiger partial charge < -0.3 is 15.9 Å². The summed E-state index contributed by atoms with van der Waals surface area (Å²) in [7, 11) is 1.08. The van der Waals surface area contributed by atoms with Crippen LogP contribution >= 0.6 is 0 Å². The van der Waals surface area contributed by atoms with Crippen molar-refractivity contribution in [3.8, 4) is 0 Å². The lowest BCUT2D eigenvalue weighted by molar-refractivity contribution is -0.143. The third kappa shape index (κ3) is 4.47. The Morgan fingerprint density at radius 1 is 1.50 bits per heavy atom. The van der Waals surface area contributed by atoms with Crippen LogP contribution in [0.25, 0.3) is 0 Å². The number of unbranched alkanes of at least 4 members (excludes halogenated alkanes) is 1. The zero-order valence-corrected chi connectivity index (χ0v) is 10.2. The van der Waals surface area contributed by atoms with Crippen molar-refractivity contribution in [3.05, 3.63) is 30.1 Å². The highest BCUT2D eigenvalue weighted by molar-refractivity contribution is 6.25. The van der Waals surface area contributed by atoms with Crippen LogP contribution in [-0.4, -0.2) is 34.1 Å². The molecule has 0 fully saturated rings. The molecule has 1 atom stereocenters. The highest BCUT2D eigenvalue weighted by atomic mass is 16.4. The van der Waals surface area contributed by atoms with Gasteiger partial charge in [0.15, 0.2) is 0 Å². The van der Waals surface area contributed by atoms with Crippen LogP contribution in [0.2, 0.25) is 6.32 Å². The number of carbonyl (C=O) groups is 1. The van der Waals surface area contributed by atoms with E-state index in [1.165, 1.54) is 0 Å². The van der Waals surface area contributed by atoms with Crippen molar-refractivity contribution in [1.82, 2.24) is 4.98 Å². The predicted octanol–water partition coefficient (Wildman–Crippen LogP) is 0.606. The van der Waals surface area contributed by atoms with Crippen LogP contribution < -0.4 is 5.73 Å². The number of nitrogens with two attached hydrogens (primary N) is 1. The fraction of sp³-hybridized carbons (Fsp3) is 0.500. The van der Waals surface area contributed by atoms with Gasteiger partial charge in [-0.15, -0.1) is 0 Å². The highest BCUT2D eigenvalue weighted by Gasteiger charge is 2.33. The Labute approximate surface area is 107 Å². The summed E-state index contributed by atoms with van der Waals surface area (Å²) >= 11 is 0. The maximum atomic E-state index is 11.3. The molecule has 0 saturated carbocycles. The summed E-state index contributed by atoms with van der Waals surface area (Å²) in [6, 6.07) is 3.58. The molecule has 0 aliphatic heterocycles. The van der Waals surface area contributed by atoms with Crippen molar-refractivity contribution in [2.45, 2.75) is 37.5 Å². The van der Waals surface area contributed by atoms with Crippen LogP contribution in [0.4, 0.5) is 0 Å². The van der Waals surface area contributed by atoms with Gasteiger partial charge >= 0.3 is 5.97 Å². The predicted molar refractivity (Wildman–Crippen MR) is 69.1 cm³/mol. The van der Waals surface area contributed by atoms with Gasteiger partial charge in [0.2, 0.25) is 0 Å². The van der Waals surface area contributed by atoms with Gasteiger partial charge in [-0.2, -0.15) is 0 Å². The zero-order chi connectivity index (χ0) is 13.4. The first kappa shape index (κ1) is 14.7. The fourth-order valence-electron chi connectivity index (χ4n) is 1.81. The van der Waals surface area contributed by atoms with Crippen molar-refractivity contribution < 1.29 is 14.9 Å². The van der Waals surface area contributed by atoms with Crippen molar-refractivity contribution in [2.24, 2.45) is 5.73 Å². The van der Waals surface area contributed by atoms with Crippen molar-refractivity contribution >= 4 is 13.5 Å². The number of carboxylic acids is 1. The van der Waals surface area contributed by atoms with E-state index >= 15 is 0 Å². The molecule has 6 heteroatoms. The van der Waals surface area contributed by atoms with E-state index in [-0.39, 0.29) is 6.42 Å². The smallest absolute Gasteiger partial charge is 0.324 e. The van der Waals surface area contributed by atoms with Crippen molar-refractivity contribution in [1.29, 1.82) is 0 Å². The van der Waals surface area contributed by atoms with Crippen molar-refractivity contribution in [3.63, 3.8) is 0 Å². The molecular weight excluding hydrogens is 231 g/mol. The lowest BCUT2D eigenvalue weighted by Crippen LogP contribution is -2.49. The minimum atomic E-state index is -1.27. The Balaban J connectivity index is 2.60. The van der Waals surface area contributed by atoms with Gasteiger partial charge in [-0.3, -0.25) is 9.78 Å². The Hall–Kier alpha value is -1.40.